The van der Waals surface area contributed by atoms with E-state index in [9.17, 15) is 0 Å². The second kappa shape index (κ2) is 10.2. The van der Waals surface area contributed by atoms with E-state index < -0.39 is 7.12 Å². The third-order valence-corrected chi connectivity index (χ3v) is 3.38. The van der Waals surface area contributed by atoms with Gasteiger partial charge in [0.1, 0.15) is 0 Å². The fourth-order valence-corrected chi connectivity index (χ4v) is 2.34. The van der Waals surface area contributed by atoms with E-state index in [0.717, 1.165) is 38.0 Å². The molecule has 0 aromatic carbocycles. The van der Waals surface area contributed by atoms with Crippen molar-refractivity contribution in [2.45, 2.75) is 50.5 Å². The van der Waals surface area contributed by atoms with E-state index >= 15 is 0 Å². The van der Waals surface area contributed by atoms with Crippen molar-refractivity contribution < 1.29 is 19.6 Å². The molecular formula is C11H23BN2O4. The van der Waals surface area contributed by atoms with Gasteiger partial charge in [-0.05, 0) is 38.5 Å². The number of unbranched alkanes of at least 4 members (excludes halogenated alkanes) is 1. The SMILES string of the molecule is CN[C@H](CCCCB(O)O)C1CC(N)C1.O=C=O. The molecule has 0 heterocycles. The van der Waals surface area contributed by atoms with Crippen LogP contribution in [0.3, 0.4) is 0 Å². The quantitative estimate of drug-likeness (QED) is 0.357. The first kappa shape index (κ1) is 17.3. The summed E-state index contributed by atoms with van der Waals surface area (Å²) in [6, 6.07) is 0.964. The van der Waals surface area contributed by atoms with Crippen molar-refractivity contribution >= 4 is 13.3 Å². The average molecular weight is 258 g/mol. The zero-order valence-electron chi connectivity index (χ0n) is 10.8. The van der Waals surface area contributed by atoms with Gasteiger partial charge in [-0.3, -0.25) is 0 Å². The fraction of sp³-hybridized carbons (Fsp3) is 0.909. The molecule has 6 nitrogen and oxygen atoms in total. The molecule has 18 heavy (non-hydrogen) atoms. The largest absolute Gasteiger partial charge is 0.451 e. The number of nitrogens with one attached hydrogen (secondary N) is 1. The van der Waals surface area contributed by atoms with Gasteiger partial charge in [0.2, 0.25) is 0 Å². The zero-order valence-corrected chi connectivity index (χ0v) is 10.8. The Balaban J connectivity index is 0.000000873. The molecule has 7 heteroatoms. The highest BCUT2D eigenvalue weighted by Gasteiger charge is 2.31. The minimum Gasteiger partial charge on any atom is -0.427 e. The van der Waals surface area contributed by atoms with E-state index in [1.54, 1.807) is 0 Å². The van der Waals surface area contributed by atoms with Crippen molar-refractivity contribution in [1.29, 1.82) is 0 Å². The second-order valence-corrected chi connectivity index (χ2v) is 4.74. The lowest BCUT2D eigenvalue weighted by molar-refractivity contribution is -0.191. The first-order chi connectivity index (χ1) is 8.54. The minimum atomic E-state index is -1.14. The average Bonchev–Trinajstić information content (AvgIpc) is 2.27. The molecule has 1 atom stereocenters. The van der Waals surface area contributed by atoms with Gasteiger partial charge in [-0.25, -0.2) is 0 Å². The van der Waals surface area contributed by atoms with E-state index in [1.165, 1.54) is 0 Å². The van der Waals surface area contributed by atoms with E-state index in [1.807, 2.05) is 7.05 Å². The van der Waals surface area contributed by atoms with E-state index in [0.29, 0.717) is 18.4 Å². The second-order valence-electron chi connectivity index (χ2n) is 4.74. The maximum absolute atomic E-state index is 8.70. The van der Waals surface area contributed by atoms with Crippen LogP contribution in [0.25, 0.3) is 0 Å². The summed E-state index contributed by atoms with van der Waals surface area (Å²) in [5.41, 5.74) is 5.76. The summed E-state index contributed by atoms with van der Waals surface area (Å²) in [6.07, 6.45) is 6.05. The minimum absolute atomic E-state index is 0.250. The molecule has 0 aromatic heterocycles. The van der Waals surface area contributed by atoms with Crippen molar-refractivity contribution in [3.63, 3.8) is 0 Å². The molecule has 104 valence electrons. The lowest BCUT2D eigenvalue weighted by Gasteiger charge is -2.38. The molecule has 0 amide bonds. The number of hydrogen-bond donors (Lipinski definition) is 4. The van der Waals surface area contributed by atoms with Crippen LogP contribution in [-0.4, -0.2) is 42.4 Å². The predicted octanol–water partition coefficient (Wildman–Crippen LogP) is -0.629. The summed E-state index contributed by atoms with van der Waals surface area (Å²) in [6.45, 7) is 0. The zero-order chi connectivity index (χ0) is 14.0. The molecule has 0 aromatic rings. The summed E-state index contributed by atoms with van der Waals surface area (Å²) >= 11 is 0. The van der Waals surface area contributed by atoms with Gasteiger partial charge in [0.15, 0.2) is 0 Å². The summed E-state index contributed by atoms with van der Waals surface area (Å²) < 4.78 is 0. The van der Waals surface area contributed by atoms with Gasteiger partial charge in [-0.2, -0.15) is 9.59 Å². The van der Waals surface area contributed by atoms with Crippen molar-refractivity contribution in [3.8, 4) is 0 Å². The van der Waals surface area contributed by atoms with Crippen molar-refractivity contribution in [2.24, 2.45) is 11.7 Å². The van der Waals surface area contributed by atoms with Crippen LogP contribution in [-0.2, 0) is 9.59 Å². The molecule has 0 aliphatic heterocycles. The van der Waals surface area contributed by atoms with Crippen molar-refractivity contribution in [3.05, 3.63) is 0 Å². The van der Waals surface area contributed by atoms with Gasteiger partial charge >= 0.3 is 13.3 Å². The molecule has 1 aliphatic carbocycles. The van der Waals surface area contributed by atoms with Gasteiger partial charge in [0, 0.05) is 12.1 Å². The van der Waals surface area contributed by atoms with Gasteiger partial charge in [0.25, 0.3) is 0 Å². The Hall–Kier alpha value is -0.715. The molecule has 1 saturated carbocycles. The van der Waals surface area contributed by atoms with Crippen LogP contribution >= 0.6 is 0 Å². The third-order valence-electron chi connectivity index (χ3n) is 3.38. The molecule has 5 N–H and O–H groups in total. The molecule has 0 unspecified atom stereocenters. The van der Waals surface area contributed by atoms with Crippen molar-refractivity contribution in [1.82, 2.24) is 5.32 Å². The summed E-state index contributed by atoms with van der Waals surface area (Å²) in [5, 5.41) is 20.7. The number of carbonyl (C=O) groups excluding carboxylic acids is 2. The van der Waals surface area contributed by atoms with E-state index in [-0.39, 0.29) is 6.15 Å². The summed E-state index contributed by atoms with van der Waals surface area (Å²) in [4.78, 5) is 16.2. The monoisotopic (exact) mass is 258 g/mol. The van der Waals surface area contributed by atoms with Gasteiger partial charge in [-0.1, -0.05) is 12.8 Å². The molecule has 1 aliphatic rings. The Morgan fingerprint density at radius 3 is 2.33 bits per heavy atom. The topological polar surface area (TPSA) is 113 Å². The van der Waals surface area contributed by atoms with E-state index in [2.05, 4.69) is 5.32 Å². The lowest BCUT2D eigenvalue weighted by Crippen LogP contribution is -2.46. The fourth-order valence-electron chi connectivity index (χ4n) is 2.34. The molecular weight excluding hydrogens is 235 g/mol. The van der Waals surface area contributed by atoms with Crippen LogP contribution in [0.5, 0.6) is 0 Å². The maximum atomic E-state index is 8.70. The highest BCUT2D eigenvalue weighted by Crippen LogP contribution is 2.30. The Morgan fingerprint density at radius 2 is 1.94 bits per heavy atom. The summed E-state index contributed by atoms with van der Waals surface area (Å²) in [5.74, 6) is 0.726. The van der Waals surface area contributed by atoms with Crippen LogP contribution in [0.15, 0.2) is 0 Å². The first-order valence-corrected chi connectivity index (χ1v) is 6.33. The molecule has 0 spiro atoms. The molecule has 0 radical (unpaired) electrons. The van der Waals surface area contributed by atoms with Crippen LogP contribution < -0.4 is 11.1 Å². The Morgan fingerprint density at radius 1 is 1.39 bits per heavy atom. The third kappa shape index (κ3) is 7.58. The lowest BCUT2D eigenvalue weighted by atomic mass is 9.74. The molecule has 1 rings (SSSR count). The first-order valence-electron chi connectivity index (χ1n) is 6.33. The molecule has 0 bridgehead atoms. The Bertz CT molecular complexity index is 241. The maximum Gasteiger partial charge on any atom is 0.451 e. The van der Waals surface area contributed by atoms with Gasteiger partial charge in [-0.15, -0.1) is 0 Å². The summed E-state index contributed by atoms with van der Waals surface area (Å²) in [7, 11) is 0.852. The Labute approximate surface area is 108 Å². The van der Waals surface area contributed by atoms with Crippen molar-refractivity contribution in [2.75, 3.05) is 7.05 Å². The highest BCUT2D eigenvalue weighted by molar-refractivity contribution is 6.40. The van der Waals surface area contributed by atoms with Crippen LogP contribution in [0.4, 0.5) is 0 Å². The molecule has 0 saturated heterocycles. The standard InChI is InChI=1S/C10H23BN2O2.CO2/c1-13-10(8-6-9(12)7-8)4-2-3-5-11(14)15;2-1-3/h8-10,13-15H,2-7,12H2,1H3;/t8?,9?,10-;/m1./s1. The molecule has 1 fully saturated rings. The number of nitrogens with two attached hydrogens (primary N) is 1. The van der Waals surface area contributed by atoms with Crippen LogP contribution in [0.1, 0.15) is 32.1 Å². The highest BCUT2D eigenvalue weighted by atomic mass is 16.4. The Kier molecular flexibility index (Phi) is 9.82. The normalized spacial score (nSPS) is 23.1. The van der Waals surface area contributed by atoms with Crippen LogP contribution in [0.2, 0.25) is 6.32 Å². The van der Waals surface area contributed by atoms with Gasteiger partial charge < -0.3 is 21.1 Å². The van der Waals surface area contributed by atoms with E-state index in [4.69, 9.17) is 25.4 Å². The smallest absolute Gasteiger partial charge is 0.427 e. The van der Waals surface area contributed by atoms with Crippen LogP contribution in [0, 0.1) is 5.92 Å². The van der Waals surface area contributed by atoms with Gasteiger partial charge in [0.05, 0.1) is 0 Å². The number of rotatable bonds is 7. The number of hydrogen-bond acceptors (Lipinski definition) is 6. The predicted molar refractivity (Wildman–Crippen MR) is 67.4 cm³/mol.